The molecule has 33 heavy (non-hydrogen) atoms. The minimum Gasteiger partial charge on any atom is -0.455 e. The molecular weight excluding hydrogens is 404 g/mol. The van der Waals surface area contributed by atoms with Crippen molar-refractivity contribution >= 4 is 21.9 Å². The Morgan fingerprint density at radius 1 is 1.06 bits per heavy atom. The molecule has 0 aliphatic heterocycles. The lowest BCUT2D eigenvalue weighted by atomic mass is 9.84. The first-order chi connectivity index (χ1) is 18.6. The van der Waals surface area contributed by atoms with E-state index >= 15 is 0 Å². The second-order valence-electron chi connectivity index (χ2n) is 9.19. The monoisotopic (exact) mass is 440 g/mol. The number of furan rings is 1. The average molecular weight is 441 g/mol. The van der Waals surface area contributed by atoms with E-state index in [9.17, 15) is 0 Å². The molecule has 3 heteroatoms. The molecule has 1 aliphatic carbocycles. The van der Waals surface area contributed by atoms with Crippen molar-refractivity contribution in [2.24, 2.45) is 7.05 Å². The SMILES string of the molecule is [2H]C(C)(C)c1cc[n+](C)c(-c2c(C)ccc3c2oc2cc4c(cc23)C(C([2H])([2H])[2H])(C([2H])([2H])[2H])c2ncccc2-4)c1. The Morgan fingerprint density at radius 3 is 2.70 bits per heavy atom. The van der Waals surface area contributed by atoms with Gasteiger partial charge in [-0.3, -0.25) is 4.98 Å². The maximum atomic E-state index is 8.55. The maximum absolute atomic E-state index is 8.55. The largest absolute Gasteiger partial charge is 0.455 e. The van der Waals surface area contributed by atoms with Crippen molar-refractivity contribution < 1.29 is 18.6 Å². The van der Waals surface area contributed by atoms with Gasteiger partial charge in [-0.15, -0.1) is 0 Å². The lowest BCUT2D eigenvalue weighted by Crippen LogP contribution is -2.31. The van der Waals surface area contributed by atoms with Gasteiger partial charge in [-0.25, -0.2) is 4.57 Å². The molecule has 0 fully saturated rings. The first-order valence-corrected chi connectivity index (χ1v) is 11.0. The Kier molecular flexibility index (Phi) is 2.86. The van der Waals surface area contributed by atoms with E-state index in [2.05, 4.69) is 4.98 Å². The Hall–Kier alpha value is -3.46. The fourth-order valence-corrected chi connectivity index (χ4v) is 5.01. The van der Waals surface area contributed by atoms with Crippen molar-refractivity contribution in [3.63, 3.8) is 0 Å². The molecule has 2 aromatic carbocycles. The van der Waals surface area contributed by atoms with Crippen LogP contribution in [-0.4, -0.2) is 4.98 Å². The summed E-state index contributed by atoms with van der Waals surface area (Å²) in [5.74, 6) is -0.797. The first-order valence-electron chi connectivity index (χ1n) is 14.5. The fraction of sp³-hybridized carbons (Fsp3) is 0.267. The number of hydrogen-bond donors (Lipinski definition) is 0. The fourth-order valence-electron chi connectivity index (χ4n) is 5.01. The number of aryl methyl sites for hydroxylation is 2. The summed E-state index contributed by atoms with van der Waals surface area (Å²) in [7, 11) is 1.94. The first kappa shape index (κ1) is 13.9. The molecule has 0 spiro atoms. The summed E-state index contributed by atoms with van der Waals surface area (Å²) in [4.78, 5) is 4.33. The van der Waals surface area contributed by atoms with Gasteiger partial charge in [-0.1, -0.05) is 45.8 Å². The second-order valence-corrected chi connectivity index (χ2v) is 9.19. The van der Waals surface area contributed by atoms with Gasteiger partial charge in [0.2, 0.25) is 5.69 Å². The minimum absolute atomic E-state index is 0.0420. The summed E-state index contributed by atoms with van der Waals surface area (Å²) in [5.41, 5.74) is 3.68. The van der Waals surface area contributed by atoms with Crippen molar-refractivity contribution in [2.45, 2.75) is 45.8 Å². The molecule has 5 aromatic rings. The van der Waals surface area contributed by atoms with E-state index in [-0.39, 0.29) is 11.3 Å². The molecule has 6 rings (SSSR count). The van der Waals surface area contributed by atoms with Gasteiger partial charge in [0.25, 0.3) is 0 Å². The van der Waals surface area contributed by atoms with Crippen molar-refractivity contribution in [1.82, 2.24) is 4.98 Å². The molecule has 0 bridgehead atoms. The molecule has 3 aromatic heterocycles. The van der Waals surface area contributed by atoms with E-state index < -0.39 is 25.0 Å². The van der Waals surface area contributed by atoms with Crippen LogP contribution in [0.15, 0.2) is 65.3 Å². The van der Waals surface area contributed by atoms with Crippen LogP contribution in [0.1, 0.15) is 65.4 Å². The van der Waals surface area contributed by atoms with Crippen LogP contribution in [0.5, 0.6) is 0 Å². The average Bonchev–Trinajstić information content (AvgIpc) is 3.35. The summed E-state index contributed by atoms with van der Waals surface area (Å²) in [6.07, 6.45) is 3.37. The zero-order valence-corrected chi connectivity index (χ0v) is 19.1. The highest BCUT2D eigenvalue weighted by Crippen LogP contribution is 2.50. The van der Waals surface area contributed by atoms with Crippen molar-refractivity contribution in [3.05, 3.63) is 83.3 Å². The van der Waals surface area contributed by atoms with Gasteiger partial charge < -0.3 is 4.42 Å². The second kappa shape index (κ2) is 6.77. The van der Waals surface area contributed by atoms with Gasteiger partial charge in [-0.05, 0) is 53.3 Å². The third kappa shape index (κ3) is 2.75. The van der Waals surface area contributed by atoms with Crippen molar-refractivity contribution in [2.75, 3.05) is 0 Å². The van der Waals surface area contributed by atoms with E-state index in [0.29, 0.717) is 27.7 Å². The van der Waals surface area contributed by atoms with E-state index in [1.165, 1.54) is 6.20 Å². The highest BCUT2D eigenvalue weighted by molar-refractivity contribution is 6.11. The maximum Gasteiger partial charge on any atom is 0.216 e. The molecule has 0 unspecified atom stereocenters. The molecule has 3 nitrogen and oxygen atoms in total. The summed E-state index contributed by atoms with van der Waals surface area (Å²) in [5, 5.41) is 1.39. The Morgan fingerprint density at radius 2 is 1.91 bits per heavy atom. The predicted molar refractivity (Wildman–Crippen MR) is 135 cm³/mol. The summed E-state index contributed by atoms with van der Waals surface area (Å²) in [6.45, 7) is -0.0947. The Labute approximate surface area is 204 Å². The van der Waals surface area contributed by atoms with E-state index in [4.69, 9.17) is 14.0 Å². The van der Waals surface area contributed by atoms with Crippen LogP contribution in [0.3, 0.4) is 0 Å². The van der Waals surface area contributed by atoms with Crippen molar-refractivity contribution in [3.8, 4) is 22.4 Å². The van der Waals surface area contributed by atoms with E-state index in [1.54, 1.807) is 24.3 Å². The highest BCUT2D eigenvalue weighted by atomic mass is 16.3. The third-order valence-electron chi connectivity index (χ3n) is 6.83. The molecule has 0 amide bonds. The lowest BCUT2D eigenvalue weighted by molar-refractivity contribution is -0.660. The van der Waals surface area contributed by atoms with E-state index in [1.807, 2.05) is 62.8 Å². The third-order valence-corrected chi connectivity index (χ3v) is 6.83. The number of fused-ring (bicyclic) bond motifs is 6. The lowest BCUT2D eigenvalue weighted by Gasteiger charge is -2.19. The van der Waals surface area contributed by atoms with Crippen LogP contribution < -0.4 is 4.57 Å². The van der Waals surface area contributed by atoms with Crippen LogP contribution in [0.25, 0.3) is 44.3 Å². The van der Waals surface area contributed by atoms with Crippen molar-refractivity contribution in [1.29, 1.82) is 0 Å². The number of benzene rings is 2. The molecular formula is C30H29N2O+. The molecule has 0 N–H and O–H groups in total. The number of pyridine rings is 2. The Bertz CT molecular complexity index is 1830. The van der Waals surface area contributed by atoms with Gasteiger partial charge in [0.05, 0.1) is 11.3 Å². The summed E-state index contributed by atoms with van der Waals surface area (Å²) in [6, 6.07) is 14.7. The molecule has 0 saturated carbocycles. The molecule has 0 atom stereocenters. The van der Waals surface area contributed by atoms with Crippen LogP contribution >= 0.6 is 0 Å². The molecule has 0 saturated heterocycles. The van der Waals surface area contributed by atoms with Crippen LogP contribution in [-0.2, 0) is 12.5 Å². The summed E-state index contributed by atoms with van der Waals surface area (Å²) >= 11 is 0. The standard InChI is InChI=1S/C30H29N2O/c1-17(2)19-11-13-32(6)25(14-19)27-18(3)9-10-20-23-15-24-22(16-26(23)33-28(20)27)21-8-7-12-31-29(21)30(24,4)5/h7-17H,1-6H3/q+1/i4D3,5D3,17D. The smallest absolute Gasteiger partial charge is 0.216 e. The minimum atomic E-state index is -2.89. The van der Waals surface area contributed by atoms with Crippen LogP contribution in [0, 0.1) is 6.92 Å². The number of nitrogens with zero attached hydrogens (tertiary/aromatic N) is 2. The highest BCUT2D eigenvalue weighted by Gasteiger charge is 2.37. The Balaban J connectivity index is 1.72. The van der Waals surface area contributed by atoms with Gasteiger partial charge in [0.1, 0.15) is 18.2 Å². The number of aromatic nitrogens is 2. The van der Waals surface area contributed by atoms with E-state index in [0.717, 1.165) is 27.8 Å². The van der Waals surface area contributed by atoms with Gasteiger partial charge in [0.15, 0.2) is 6.20 Å². The molecule has 3 heterocycles. The number of hydrogen-bond acceptors (Lipinski definition) is 2. The summed E-state index contributed by atoms with van der Waals surface area (Å²) < 4.78 is 68.0. The molecule has 164 valence electrons. The van der Waals surface area contributed by atoms with Gasteiger partial charge >= 0.3 is 0 Å². The van der Waals surface area contributed by atoms with Gasteiger partial charge in [-0.2, -0.15) is 0 Å². The van der Waals surface area contributed by atoms with Crippen LogP contribution in [0.2, 0.25) is 0 Å². The quantitative estimate of drug-likeness (QED) is 0.271. The molecule has 0 radical (unpaired) electrons. The number of rotatable bonds is 2. The zero-order chi connectivity index (χ0) is 29.0. The molecule has 1 aliphatic rings. The normalized spacial score (nSPS) is 18.5. The topological polar surface area (TPSA) is 29.9 Å². The zero-order valence-electron chi connectivity index (χ0n) is 26.1. The predicted octanol–water partition coefficient (Wildman–Crippen LogP) is 7.21. The van der Waals surface area contributed by atoms with Gasteiger partial charge in [0, 0.05) is 49.7 Å². The van der Waals surface area contributed by atoms with Crippen LogP contribution in [0.4, 0.5) is 0 Å².